The average Bonchev–Trinajstić information content (AvgIpc) is 2.46. The number of aromatic nitrogens is 1. The molecule has 1 heterocycles. The van der Waals surface area contributed by atoms with Gasteiger partial charge in [-0.05, 0) is 41.8 Å². The van der Waals surface area contributed by atoms with Gasteiger partial charge in [0.25, 0.3) is 0 Å². The van der Waals surface area contributed by atoms with Crippen molar-refractivity contribution in [3.63, 3.8) is 0 Å². The first-order valence-corrected chi connectivity index (χ1v) is 6.45. The van der Waals surface area contributed by atoms with E-state index < -0.39 is 0 Å². The highest BCUT2D eigenvalue weighted by Gasteiger charge is 2.08. The van der Waals surface area contributed by atoms with Gasteiger partial charge in [-0.2, -0.15) is 5.26 Å². The summed E-state index contributed by atoms with van der Waals surface area (Å²) in [6.45, 7) is 0.738. The highest BCUT2D eigenvalue weighted by molar-refractivity contribution is 6.30. The lowest BCUT2D eigenvalue weighted by molar-refractivity contribution is 0.629. The van der Waals surface area contributed by atoms with Gasteiger partial charge in [0.15, 0.2) is 0 Å². The van der Waals surface area contributed by atoms with E-state index in [2.05, 4.69) is 16.4 Å². The zero-order chi connectivity index (χ0) is 13.5. The molecule has 0 radical (unpaired) electrons. The summed E-state index contributed by atoms with van der Waals surface area (Å²) in [7, 11) is 0. The minimum absolute atomic E-state index is 0.296. The van der Waals surface area contributed by atoms with E-state index in [4.69, 9.17) is 16.9 Å². The number of nitriles is 1. The molecule has 0 saturated carbocycles. The maximum Gasteiger partial charge on any atom is 0.121 e. The fourth-order valence-corrected chi connectivity index (χ4v) is 1.93. The zero-order valence-corrected chi connectivity index (χ0v) is 11.1. The molecule has 1 aromatic carbocycles. The molecule has 0 spiro atoms. The second-order valence-electron chi connectivity index (χ2n) is 4.17. The molecule has 2 aromatic rings. The molecule has 1 aromatic heterocycles. The fourth-order valence-electron chi connectivity index (χ4n) is 1.81. The van der Waals surface area contributed by atoms with Gasteiger partial charge in [-0.25, -0.2) is 0 Å². The molecule has 0 saturated heterocycles. The Hall–Kier alpha value is -1.89. The Balaban J connectivity index is 1.88. The van der Waals surface area contributed by atoms with Gasteiger partial charge in [0.1, 0.15) is 6.04 Å². The summed E-state index contributed by atoms with van der Waals surface area (Å²) in [6.07, 6.45) is 4.25. The molecule has 0 aliphatic carbocycles. The van der Waals surface area contributed by atoms with Crippen LogP contribution in [-0.2, 0) is 6.42 Å². The van der Waals surface area contributed by atoms with Gasteiger partial charge < -0.3 is 0 Å². The van der Waals surface area contributed by atoms with Crippen LogP contribution in [0, 0.1) is 11.3 Å². The topological polar surface area (TPSA) is 48.7 Å². The van der Waals surface area contributed by atoms with Crippen molar-refractivity contribution in [2.75, 3.05) is 6.54 Å². The molecule has 4 heteroatoms. The van der Waals surface area contributed by atoms with E-state index in [0.717, 1.165) is 23.6 Å². The average molecular weight is 272 g/mol. The normalized spacial score (nSPS) is 11.8. The van der Waals surface area contributed by atoms with Crippen molar-refractivity contribution >= 4 is 11.6 Å². The van der Waals surface area contributed by atoms with Crippen molar-refractivity contribution in [3.05, 3.63) is 64.9 Å². The first-order chi connectivity index (χ1) is 9.29. The van der Waals surface area contributed by atoms with Crippen LogP contribution in [0.3, 0.4) is 0 Å². The Morgan fingerprint density at radius 3 is 2.47 bits per heavy atom. The lowest BCUT2D eigenvalue weighted by Crippen LogP contribution is -2.22. The molecule has 96 valence electrons. The van der Waals surface area contributed by atoms with E-state index >= 15 is 0 Å². The fraction of sp³-hybridized carbons (Fsp3) is 0.200. The van der Waals surface area contributed by atoms with Crippen LogP contribution in [0.4, 0.5) is 0 Å². The highest BCUT2D eigenvalue weighted by Crippen LogP contribution is 2.12. The van der Waals surface area contributed by atoms with Gasteiger partial charge >= 0.3 is 0 Å². The third-order valence-corrected chi connectivity index (χ3v) is 3.10. The van der Waals surface area contributed by atoms with E-state index in [-0.39, 0.29) is 6.04 Å². The van der Waals surface area contributed by atoms with Crippen LogP contribution in [0.25, 0.3) is 0 Å². The van der Waals surface area contributed by atoms with E-state index in [9.17, 15) is 0 Å². The standard InChI is InChI=1S/C15H14ClN3/c16-14-3-1-12(2-4-14)5-10-19-15(11-17)13-6-8-18-9-7-13/h1-4,6-9,15,19H,5,10H2. The molecule has 1 unspecified atom stereocenters. The summed E-state index contributed by atoms with van der Waals surface area (Å²) in [5.41, 5.74) is 2.14. The second kappa shape index (κ2) is 6.89. The lowest BCUT2D eigenvalue weighted by Gasteiger charge is -2.11. The molecule has 1 N–H and O–H groups in total. The first-order valence-electron chi connectivity index (χ1n) is 6.07. The van der Waals surface area contributed by atoms with Crippen molar-refractivity contribution in [2.24, 2.45) is 0 Å². The summed E-state index contributed by atoms with van der Waals surface area (Å²) in [5, 5.41) is 13.1. The van der Waals surface area contributed by atoms with Gasteiger partial charge in [0.05, 0.1) is 6.07 Å². The first kappa shape index (κ1) is 13.5. The highest BCUT2D eigenvalue weighted by atomic mass is 35.5. The summed E-state index contributed by atoms with van der Waals surface area (Å²) >= 11 is 5.83. The molecular weight excluding hydrogens is 258 g/mol. The van der Waals surface area contributed by atoms with Crippen LogP contribution < -0.4 is 5.32 Å². The van der Waals surface area contributed by atoms with Crippen LogP contribution in [0.1, 0.15) is 17.2 Å². The maximum absolute atomic E-state index is 9.16. The molecule has 0 aliphatic rings. The Morgan fingerprint density at radius 2 is 1.84 bits per heavy atom. The minimum Gasteiger partial charge on any atom is -0.298 e. The SMILES string of the molecule is N#CC(NCCc1ccc(Cl)cc1)c1ccncc1. The molecule has 1 atom stereocenters. The second-order valence-corrected chi connectivity index (χ2v) is 4.61. The van der Waals surface area contributed by atoms with Crippen LogP contribution in [0.15, 0.2) is 48.8 Å². The van der Waals surface area contributed by atoms with Gasteiger partial charge in [-0.1, -0.05) is 23.7 Å². The van der Waals surface area contributed by atoms with E-state index in [1.165, 1.54) is 5.56 Å². The third kappa shape index (κ3) is 4.06. The number of halogens is 1. The molecule has 2 rings (SSSR count). The van der Waals surface area contributed by atoms with Gasteiger partial charge in [0, 0.05) is 24.0 Å². The van der Waals surface area contributed by atoms with Crippen molar-refractivity contribution in [1.29, 1.82) is 5.26 Å². The molecule has 0 bridgehead atoms. The molecule has 19 heavy (non-hydrogen) atoms. The van der Waals surface area contributed by atoms with Crippen molar-refractivity contribution in [1.82, 2.24) is 10.3 Å². The van der Waals surface area contributed by atoms with Crippen LogP contribution >= 0.6 is 11.6 Å². The van der Waals surface area contributed by atoms with Crippen LogP contribution in [0.2, 0.25) is 5.02 Å². The predicted molar refractivity (Wildman–Crippen MR) is 75.7 cm³/mol. The number of nitrogens with zero attached hydrogens (tertiary/aromatic N) is 2. The van der Waals surface area contributed by atoms with Crippen molar-refractivity contribution in [3.8, 4) is 6.07 Å². The number of rotatable bonds is 5. The largest absolute Gasteiger partial charge is 0.298 e. The third-order valence-electron chi connectivity index (χ3n) is 2.84. The van der Waals surface area contributed by atoms with Gasteiger partial charge in [0.2, 0.25) is 0 Å². The predicted octanol–water partition coefficient (Wildman–Crippen LogP) is 3.13. The monoisotopic (exact) mass is 271 g/mol. The van der Waals surface area contributed by atoms with Crippen LogP contribution in [-0.4, -0.2) is 11.5 Å². The summed E-state index contributed by atoms with van der Waals surface area (Å²) in [4.78, 5) is 3.95. The lowest BCUT2D eigenvalue weighted by atomic mass is 10.1. The van der Waals surface area contributed by atoms with Crippen molar-refractivity contribution in [2.45, 2.75) is 12.5 Å². The summed E-state index contributed by atoms with van der Waals surface area (Å²) in [6, 6.07) is 13.4. The number of hydrogen-bond donors (Lipinski definition) is 1. The maximum atomic E-state index is 9.16. The smallest absolute Gasteiger partial charge is 0.121 e. The van der Waals surface area contributed by atoms with E-state index in [1.54, 1.807) is 12.4 Å². The number of hydrogen-bond acceptors (Lipinski definition) is 3. The van der Waals surface area contributed by atoms with Crippen LogP contribution in [0.5, 0.6) is 0 Å². The molecule has 0 aliphatic heterocycles. The Morgan fingerprint density at radius 1 is 1.16 bits per heavy atom. The number of nitrogens with one attached hydrogen (secondary N) is 1. The molecule has 0 fully saturated rings. The Kier molecular flexibility index (Phi) is 4.91. The van der Waals surface area contributed by atoms with E-state index in [0.29, 0.717) is 0 Å². The summed E-state index contributed by atoms with van der Waals surface area (Å²) in [5.74, 6) is 0. The van der Waals surface area contributed by atoms with Gasteiger partial charge in [-0.15, -0.1) is 0 Å². The van der Waals surface area contributed by atoms with E-state index in [1.807, 2.05) is 36.4 Å². The Labute approximate surface area is 117 Å². The Bertz CT molecular complexity index is 546. The molecule has 3 nitrogen and oxygen atoms in total. The zero-order valence-electron chi connectivity index (χ0n) is 10.4. The number of benzene rings is 1. The molecule has 0 amide bonds. The summed E-state index contributed by atoms with van der Waals surface area (Å²) < 4.78 is 0. The minimum atomic E-state index is -0.296. The van der Waals surface area contributed by atoms with Gasteiger partial charge in [-0.3, -0.25) is 10.3 Å². The molecular formula is C15H14ClN3. The van der Waals surface area contributed by atoms with Crippen molar-refractivity contribution < 1.29 is 0 Å². The number of pyridine rings is 1. The quantitative estimate of drug-likeness (QED) is 0.909.